The van der Waals surface area contributed by atoms with E-state index >= 15 is 0 Å². The predicted octanol–water partition coefficient (Wildman–Crippen LogP) is 10.7. The number of piperidine rings is 1. The quantitative estimate of drug-likeness (QED) is 0.0500. The SMILES string of the molecule is CCOP(=O)(CC1CCN(CC[C@H](CSc2ccccc2)Nc2ccc(S(=O)(=O)NC(=O)c3ccc(N4CCN(Cc5ccccc5-c5ccc(Cl)cc5)CC4)cc3)cc2S(=O)(=O)C(F)(F)F)CC1)OCC. The van der Waals surface area contributed by atoms with Gasteiger partial charge in [0.2, 0.25) is 0 Å². The molecule has 0 unspecified atom stereocenters. The fraction of sp³-hybridized carbons (Fsp3) is 0.392. The van der Waals surface area contributed by atoms with Crippen LogP contribution in [0.25, 0.3) is 11.1 Å². The lowest BCUT2D eigenvalue weighted by Gasteiger charge is -2.36. The monoisotopic (exact) mass is 1090 g/mol. The lowest BCUT2D eigenvalue weighted by molar-refractivity contribution is -0.0436. The zero-order valence-electron chi connectivity index (χ0n) is 40.1. The third kappa shape index (κ3) is 14.7. The Kier molecular flexibility index (Phi) is 19.0. The molecule has 13 nitrogen and oxygen atoms in total. The number of benzene rings is 5. The highest BCUT2D eigenvalue weighted by Crippen LogP contribution is 2.51. The lowest BCUT2D eigenvalue weighted by Crippen LogP contribution is -2.46. The summed E-state index contributed by atoms with van der Waals surface area (Å²) < 4.78 is 123. The molecule has 2 N–H and O–H groups in total. The number of hydrogen-bond acceptors (Lipinski definition) is 13. The zero-order valence-corrected chi connectivity index (χ0v) is 44.2. The van der Waals surface area contributed by atoms with Crippen LogP contribution < -0.4 is 14.9 Å². The highest BCUT2D eigenvalue weighted by atomic mass is 35.5. The van der Waals surface area contributed by atoms with Crippen molar-refractivity contribution in [3.63, 3.8) is 0 Å². The Labute approximate surface area is 430 Å². The molecule has 2 fully saturated rings. The van der Waals surface area contributed by atoms with E-state index in [-0.39, 0.29) is 24.7 Å². The Morgan fingerprint density at radius 3 is 2.08 bits per heavy atom. The fourth-order valence-electron chi connectivity index (χ4n) is 8.89. The van der Waals surface area contributed by atoms with E-state index in [4.69, 9.17) is 20.6 Å². The Morgan fingerprint density at radius 2 is 1.44 bits per heavy atom. The van der Waals surface area contributed by atoms with Gasteiger partial charge < -0.3 is 24.2 Å². The normalized spacial score (nSPS) is 16.1. The number of hydrogen-bond donors (Lipinski definition) is 2. The first kappa shape index (κ1) is 55.3. The van der Waals surface area contributed by atoms with Crippen LogP contribution in [0.3, 0.4) is 0 Å². The molecule has 2 saturated heterocycles. The second kappa shape index (κ2) is 24.7. The first-order valence-corrected chi connectivity index (χ1v) is 29.9. The molecule has 2 heterocycles. The highest BCUT2D eigenvalue weighted by molar-refractivity contribution is 7.99. The minimum atomic E-state index is -6.11. The average Bonchev–Trinajstić information content (AvgIpc) is 3.36. The molecule has 0 spiro atoms. The Hall–Kier alpha value is -4.43. The molecule has 0 aromatic heterocycles. The number of anilines is 2. The highest BCUT2D eigenvalue weighted by Gasteiger charge is 2.48. The van der Waals surface area contributed by atoms with Crippen molar-refractivity contribution in [3.8, 4) is 11.1 Å². The predicted molar refractivity (Wildman–Crippen MR) is 279 cm³/mol. The van der Waals surface area contributed by atoms with Crippen LogP contribution in [0.5, 0.6) is 0 Å². The average molecular weight is 1090 g/mol. The van der Waals surface area contributed by atoms with Crippen molar-refractivity contribution in [2.75, 3.05) is 81.2 Å². The summed E-state index contributed by atoms with van der Waals surface area (Å²) in [5.74, 6) is -0.611. The molecule has 72 heavy (non-hydrogen) atoms. The number of halogens is 4. The van der Waals surface area contributed by atoms with E-state index in [2.05, 4.69) is 32.1 Å². The van der Waals surface area contributed by atoms with Crippen molar-refractivity contribution in [3.05, 3.63) is 137 Å². The number of amides is 1. The molecule has 5 aromatic rings. The summed E-state index contributed by atoms with van der Waals surface area (Å²) in [6.45, 7) is 9.58. The smallest absolute Gasteiger partial charge is 0.380 e. The summed E-state index contributed by atoms with van der Waals surface area (Å²) in [5, 5.41) is 3.69. The summed E-state index contributed by atoms with van der Waals surface area (Å²) in [5.41, 5.74) is -2.02. The molecule has 0 aliphatic carbocycles. The maximum Gasteiger partial charge on any atom is 0.501 e. The molecule has 0 saturated carbocycles. The van der Waals surface area contributed by atoms with Gasteiger partial charge in [-0.15, -0.1) is 11.8 Å². The summed E-state index contributed by atoms with van der Waals surface area (Å²) in [7, 11) is -14.2. The van der Waals surface area contributed by atoms with Gasteiger partial charge in [-0.2, -0.15) is 13.2 Å². The molecule has 388 valence electrons. The molecule has 0 bridgehead atoms. The van der Waals surface area contributed by atoms with Crippen molar-refractivity contribution >= 4 is 68.1 Å². The number of sulfone groups is 1. The molecular weight excluding hydrogens is 1030 g/mol. The Bertz CT molecular complexity index is 2860. The number of carbonyl (C=O) groups excluding carboxylic acids is 1. The fourth-order valence-corrected chi connectivity index (χ4v) is 14.1. The van der Waals surface area contributed by atoms with E-state index in [1.165, 1.54) is 29.5 Å². The molecule has 1 atom stereocenters. The van der Waals surface area contributed by atoms with E-state index in [1.807, 2.05) is 71.5 Å². The number of piperazine rings is 1. The van der Waals surface area contributed by atoms with E-state index in [0.717, 1.165) is 66.3 Å². The van der Waals surface area contributed by atoms with Crippen LogP contribution in [0.1, 0.15) is 49.0 Å². The number of likely N-dealkylation sites (tertiary alicyclic amines) is 1. The van der Waals surface area contributed by atoms with Crippen LogP contribution in [-0.2, 0) is 40.0 Å². The van der Waals surface area contributed by atoms with Crippen LogP contribution in [0, 0.1) is 5.92 Å². The minimum Gasteiger partial charge on any atom is -0.380 e. The summed E-state index contributed by atoms with van der Waals surface area (Å²) in [4.78, 5) is 18.9. The number of nitrogens with zero attached hydrogens (tertiary/aromatic N) is 3. The molecule has 21 heteroatoms. The Balaban J connectivity index is 1.00. The van der Waals surface area contributed by atoms with Crippen molar-refractivity contribution in [2.24, 2.45) is 5.92 Å². The molecule has 7 rings (SSSR count). The van der Waals surface area contributed by atoms with Crippen LogP contribution in [-0.4, -0.2) is 115 Å². The van der Waals surface area contributed by atoms with Crippen LogP contribution in [0.2, 0.25) is 5.02 Å². The number of sulfonamides is 1. The van der Waals surface area contributed by atoms with Crippen molar-refractivity contribution in [2.45, 2.75) is 65.9 Å². The van der Waals surface area contributed by atoms with E-state index in [1.54, 1.807) is 26.0 Å². The van der Waals surface area contributed by atoms with E-state index in [9.17, 15) is 39.4 Å². The van der Waals surface area contributed by atoms with Gasteiger partial charge in [0.1, 0.15) is 4.90 Å². The van der Waals surface area contributed by atoms with Gasteiger partial charge in [-0.3, -0.25) is 14.3 Å². The molecule has 0 radical (unpaired) electrons. The second-order valence-corrected chi connectivity index (χ2v) is 24.9. The number of nitrogens with one attached hydrogen (secondary N) is 2. The largest absolute Gasteiger partial charge is 0.501 e. The summed E-state index contributed by atoms with van der Waals surface area (Å²) >= 11 is 7.55. The summed E-state index contributed by atoms with van der Waals surface area (Å²) in [6, 6.07) is 33.4. The minimum absolute atomic E-state index is 0.0276. The number of thioether (sulfide) groups is 1. The second-order valence-electron chi connectivity index (χ2n) is 17.7. The van der Waals surface area contributed by atoms with Gasteiger partial charge >= 0.3 is 13.1 Å². The van der Waals surface area contributed by atoms with Crippen molar-refractivity contribution < 1.29 is 48.4 Å². The van der Waals surface area contributed by atoms with Gasteiger partial charge in [0.25, 0.3) is 25.8 Å². The standard InChI is InChI=1S/C51H60ClF3N5O8PS3/c1-3-67-69(62,68-4-2)36-38-24-27-58(28-25-38)29-26-43(37-70-45-11-6-5-7-12-45)56-48-23-22-46(34-49(48)71(63,64)51(53,54)55)72(65,66)57-50(61)40-16-20-44(21-17-40)60-32-30-59(31-33-60)35-41-10-8-9-13-47(41)39-14-18-42(52)19-15-39/h5-23,34,38,43,56H,3-4,24-33,35-37H2,1-2H3,(H,57,61)/t43-/m1/s1. The molecule has 2 aliphatic rings. The van der Waals surface area contributed by atoms with Crippen molar-refractivity contribution in [1.82, 2.24) is 14.5 Å². The van der Waals surface area contributed by atoms with E-state index in [0.29, 0.717) is 62.1 Å². The maximum absolute atomic E-state index is 14.3. The molecular formula is C51H60ClF3N5O8PS3. The van der Waals surface area contributed by atoms with Crippen LogP contribution >= 0.6 is 31.0 Å². The number of rotatable bonds is 22. The summed E-state index contributed by atoms with van der Waals surface area (Å²) in [6.07, 6.45) is 2.16. The van der Waals surface area contributed by atoms with Gasteiger partial charge in [-0.05, 0) is 136 Å². The molecule has 1 amide bonds. The number of alkyl halides is 3. The Morgan fingerprint density at radius 1 is 0.806 bits per heavy atom. The molecule has 2 aliphatic heterocycles. The first-order chi connectivity index (χ1) is 34.4. The van der Waals surface area contributed by atoms with Crippen LogP contribution in [0.15, 0.2) is 136 Å². The van der Waals surface area contributed by atoms with Gasteiger partial charge in [-0.1, -0.05) is 66.2 Å². The first-order valence-electron chi connectivity index (χ1n) is 23.8. The third-order valence-corrected chi connectivity index (χ3v) is 19.3. The lowest BCUT2D eigenvalue weighted by atomic mass is 9.98. The van der Waals surface area contributed by atoms with Gasteiger partial charge in [-0.25, -0.2) is 21.6 Å². The van der Waals surface area contributed by atoms with Gasteiger partial charge in [0.05, 0.1) is 30.0 Å². The maximum atomic E-state index is 14.3. The van der Waals surface area contributed by atoms with Crippen molar-refractivity contribution in [1.29, 1.82) is 0 Å². The zero-order chi connectivity index (χ0) is 51.5. The topological polar surface area (TPSA) is 155 Å². The van der Waals surface area contributed by atoms with Gasteiger partial charge in [0.15, 0.2) is 0 Å². The number of carbonyl (C=O) groups is 1. The molecule has 5 aromatic carbocycles. The van der Waals surface area contributed by atoms with E-state index < -0.39 is 60.4 Å². The van der Waals surface area contributed by atoms with Gasteiger partial charge in [0, 0.05) is 72.2 Å². The third-order valence-electron chi connectivity index (χ3n) is 12.7. The van der Waals surface area contributed by atoms with Crippen LogP contribution in [0.4, 0.5) is 24.5 Å².